The third kappa shape index (κ3) is 4.93. The van der Waals surface area contributed by atoms with Crippen LogP contribution in [0.1, 0.15) is 67.5 Å². The topological polar surface area (TPSA) is 56.3 Å². The highest BCUT2D eigenvalue weighted by molar-refractivity contribution is 5.85. The summed E-state index contributed by atoms with van der Waals surface area (Å²) in [6.07, 6.45) is 4.89. The summed E-state index contributed by atoms with van der Waals surface area (Å²) < 4.78 is 0. The number of aliphatic hydroxyl groups excluding tert-OH is 1. The number of carbonyl (C=O) groups is 1. The van der Waals surface area contributed by atoms with Gasteiger partial charge in [0.2, 0.25) is 6.41 Å². The number of fused-ring (bicyclic) bond motifs is 3. The molecule has 4 rings (SSSR count). The number of nitrogens with zero attached hydrogens (tertiary/aromatic N) is 1. The molecule has 0 saturated heterocycles. The van der Waals surface area contributed by atoms with Crippen molar-refractivity contribution < 1.29 is 9.90 Å². The van der Waals surface area contributed by atoms with Crippen molar-refractivity contribution in [2.45, 2.75) is 58.4 Å². The van der Waals surface area contributed by atoms with Crippen molar-refractivity contribution in [2.24, 2.45) is 0 Å². The molecule has 1 aliphatic rings. The van der Waals surface area contributed by atoms with Gasteiger partial charge in [-0.3, -0.25) is 4.79 Å². The first-order valence-electron chi connectivity index (χ1n) is 11.1. The van der Waals surface area contributed by atoms with E-state index < -0.39 is 0 Å². The van der Waals surface area contributed by atoms with E-state index in [0.29, 0.717) is 12.5 Å². The summed E-state index contributed by atoms with van der Waals surface area (Å²) in [4.78, 5) is 17.5. The van der Waals surface area contributed by atoms with Crippen molar-refractivity contribution in [2.75, 3.05) is 13.2 Å². The van der Waals surface area contributed by atoms with E-state index in [2.05, 4.69) is 67.4 Å². The minimum absolute atomic E-state index is 0.105. The van der Waals surface area contributed by atoms with Gasteiger partial charge in [-0.05, 0) is 61.8 Å². The Morgan fingerprint density at radius 3 is 2.63 bits per heavy atom. The Labute approximate surface area is 179 Å². The normalized spacial score (nSPS) is 16.9. The van der Waals surface area contributed by atoms with Crippen LogP contribution in [0.25, 0.3) is 10.9 Å². The summed E-state index contributed by atoms with van der Waals surface area (Å²) in [5, 5.41) is 9.20. The van der Waals surface area contributed by atoms with Crippen LogP contribution in [0.3, 0.4) is 0 Å². The molecule has 30 heavy (non-hydrogen) atoms. The number of aliphatic hydroxyl groups is 1. The molecule has 0 saturated carbocycles. The first-order chi connectivity index (χ1) is 14.6. The fourth-order valence-electron chi connectivity index (χ4n) is 4.33. The largest absolute Gasteiger partial charge is 0.396 e. The maximum Gasteiger partial charge on any atom is 0.210 e. The van der Waals surface area contributed by atoms with Crippen LogP contribution in [0.4, 0.5) is 0 Å². The molecule has 2 unspecified atom stereocenters. The van der Waals surface area contributed by atoms with E-state index in [-0.39, 0.29) is 6.04 Å². The van der Waals surface area contributed by atoms with E-state index in [1.54, 1.807) is 0 Å². The number of amides is 1. The molecular weight excluding hydrogens is 372 g/mol. The quantitative estimate of drug-likeness (QED) is 0.549. The van der Waals surface area contributed by atoms with E-state index in [0.717, 1.165) is 38.6 Å². The Hall–Kier alpha value is -2.59. The van der Waals surface area contributed by atoms with E-state index >= 15 is 0 Å². The Balaban J connectivity index is 0.000000589. The Kier molecular flexibility index (Phi) is 7.69. The lowest BCUT2D eigenvalue weighted by Crippen LogP contribution is -2.28. The number of H-pyrrole nitrogens is 1. The predicted octanol–water partition coefficient (Wildman–Crippen LogP) is 5.50. The van der Waals surface area contributed by atoms with Gasteiger partial charge in [0, 0.05) is 29.7 Å². The maximum atomic E-state index is 11.8. The third-order valence-corrected chi connectivity index (χ3v) is 5.98. The van der Waals surface area contributed by atoms with E-state index in [4.69, 9.17) is 5.11 Å². The Morgan fingerprint density at radius 2 is 1.97 bits per heavy atom. The number of hydrogen-bond donors (Lipinski definition) is 2. The molecule has 2 N–H and O–H groups in total. The van der Waals surface area contributed by atoms with Crippen LogP contribution in [0.5, 0.6) is 0 Å². The number of hydrogen-bond acceptors (Lipinski definition) is 2. The molecule has 1 amide bonds. The molecule has 160 valence electrons. The number of aryl methyl sites for hydroxylation is 2. The standard InChI is InChI=1S/C23H26N2O.C3H8O/c1-16-10-11-21-20(13-16)19-9-6-12-25(15-26)22(23(19)24-21)14-17(2)18-7-4-3-5-8-18;1-2-3-4/h3-5,7-8,10-11,13,15,17,22,24H,6,9,12,14H2,1-2H3;4H,2-3H2,1H3. The van der Waals surface area contributed by atoms with E-state index in [9.17, 15) is 4.79 Å². The van der Waals surface area contributed by atoms with Crippen LogP contribution in [0, 0.1) is 6.92 Å². The maximum absolute atomic E-state index is 11.8. The summed E-state index contributed by atoms with van der Waals surface area (Å²) in [5.41, 5.74) is 6.43. The molecule has 1 aliphatic heterocycles. The zero-order valence-electron chi connectivity index (χ0n) is 18.4. The van der Waals surface area contributed by atoms with Crippen LogP contribution in [-0.2, 0) is 11.2 Å². The predicted molar refractivity (Wildman–Crippen MR) is 124 cm³/mol. The van der Waals surface area contributed by atoms with Crippen molar-refractivity contribution in [3.63, 3.8) is 0 Å². The zero-order chi connectivity index (χ0) is 21.5. The number of carbonyl (C=O) groups excluding carboxylic acids is 1. The molecule has 2 aromatic carbocycles. The van der Waals surface area contributed by atoms with Gasteiger partial charge in [0.15, 0.2) is 0 Å². The minimum atomic E-state index is 0.105. The van der Waals surface area contributed by atoms with Crippen molar-refractivity contribution in [3.05, 3.63) is 70.9 Å². The summed E-state index contributed by atoms with van der Waals surface area (Å²) in [6.45, 7) is 7.48. The molecule has 1 aromatic heterocycles. The number of aromatic nitrogens is 1. The number of nitrogens with one attached hydrogen (secondary N) is 1. The lowest BCUT2D eigenvalue weighted by molar-refractivity contribution is -0.120. The Morgan fingerprint density at radius 1 is 1.23 bits per heavy atom. The lowest BCUT2D eigenvalue weighted by Gasteiger charge is -2.29. The number of aromatic amines is 1. The lowest BCUT2D eigenvalue weighted by atomic mass is 9.91. The third-order valence-electron chi connectivity index (χ3n) is 5.98. The molecule has 4 heteroatoms. The Bertz CT molecular complexity index is 946. The van der Waals surface area contributed by atoms with Gasteiger partial charge >= 0.3 is 0 Å². The first kappa shape index (κ1) is 22.1. The van der Waals surface area contributed by atoms with E-state index in [1.807, 2.05) is 11.8 Å². The van der Waals surface area contributed by atoms with Crippen LogP contribution < -0.4 is 0 Å². The molecule has 0 fully saturated rings. The van der Waals surface area contributed by atoms with Crippen molar-refractivity contribution in [1.29, 1.82) is 0 Å². The average Bonchev–Trinajstić information content (AvgIpc) is 3.04. The summed E-state index contributed by atoms with van der Waals surface area (Å²) >= 11 is 0. The van der Waals surface area contributed by atoms with Crippen LogP contribution in [0.2, 0.25) is 0 Å². The van der Waals surface area contributed by atoms with Crippen molar-refractivity contribution in [1.82, 2.24) is 9.88 Å². The van der Waals surface area contributed by atoms with Crippen LogP contribution in [0.15, 0.2) is 48.5 Å². The summed E-state index contributed by atoms with van der Waals surface area (Å²) in [6, 6.07) is 17.3. The molecule has 2 heterocycles. The first-order valence-corrected chi connectivity index (χ1v) is 11.1. The van der Waals surface area contributed by atoms with Gasteiger partial charge in [-0.25, -0.2) is 0 Å². The highest BCUT2D eigenvalue weighted by Crippen LogP contribution is 2.38. The number of benzene rings is 2. The molecular formula is C26H34N2O2. The highest BCUT2D eigenvalue weighted by atomic mass is 16.2. The molecule has 0 bridgehead atoms. The smallest absolute Gasteiger partial charge is 0.210 e. The SMILES string of the molecule is CCCO.Cc1ccc2[nH]c3c(c2c1)CCCN(C=O)C3CC(C)c1ccccc1. The van der Waals surface area contributed by atoms with Gasteiger partial charge in [0.05, 0.1) is 6.04 Å². The van der Waals surface area contributed by atoms with Gasteiger partial charge in [-0.1, -0.05) is 55.8 Å². The molecule has 4 nitrogen and oxygen atoms in total. The average molecular weight is 407 g/mol. The number of rotatable bonds is 5. The fourth-order valence-corrected chi connectivity index (χ4v) is 4.33. The van der Waals surface area contributed by atoms with Crippen molar-refractivity contribution >= 4 is 17.3 Å². The summed E-state index contributed by atoms with van der Waals surface area (Å²) in [5.74, 6) is 0.391. The molecule has 0 spiro atoms. The monoisotopic (exact) mass is 406 g/mol. The zero-order valence-corrected chi connectivity index (χ0v) is 18.4. The molecule has 2 atom stereocenters. The second kappa shape index (κ2) is 10.4. The summed E-state index contributed by atoms with van der Waals surface area (Å²) in [7, 11) is 0. The van der Waals surface area contributed by atoms with Gasteiger partial charge in [0.1, 0.15) is 0 Å². The second-order valence-corrected chi connectivity index (χ2v) is 8.30. The molecule has 3 aromatic rings. The second-order valence-electron chi connectivity index (χ2n) is 8.30. The van der Waals surface area contributed by atoms with E-state index in [1.165, 1.54) is 33.3 Å². The molecule has 0 radical (unpaired) electrons. The van der Waals surface area contributed by atoms with Gasteiger partial charge < -0.3 is 15.0 Å². The minimum Gasteiger partial charge on any atom is -0.396 e. The molecule has 0 aliphatic carbocycles. The fraction of sp³-hybridized carbons (Fsp3) is 0.423. The van der Waals surface area contributed by atoms with Gasteiger partial charge in [0.25, 0.3) is 0 Å². The van der Waals surface area contributed by atoms with Crippen LogP contribution >= 0.6 is 0 Å². The van der Waals surface area contributed by atoms with Gasteiger partial charge in [-0.15, -0.1) is 0 Å². The van der Waals surface area contributed by atoms with Crippen molar-refractivity contribution in [3.8, 4) is 0 Å². The highest BCUT2D eigenvalue weighted by Gasteiger charge is 2.29. The van der Waals surface area contributed by atoms with Crippen LogP contribution in [-0.4, -0.2) is 34.6 Å². The van der Waals surface area contributed by atoms with Gasteiger partial charge in [-0.2, -0.15) is 0 Å².